The van der Waals surface area contributed by atoms with Crippen molar-refractivity contribution in [2.24, 2.45) is 5.73 Å². The molecule has 0 fully saturated rings. The average molecular weight is 338 g/mol. The Morgan fingerprint density at radius 1 is 1.29 bits per heavy atom. The first-order chi connectivity index (χ1) is 11.0. The molecule has 0 heterocycles. The van der Waals surface area contributed by atoms with Crippen LogP contribution >= 0.6 is 0 Å². The zero-order valence-corrected chi connectivity index (χ0v) is 14.8. The summed E-state index contributed by atoms with van der Waals surface area (Å²) in [5.41, 5.74) is 5.87. The summed E-state index contributed by atoms with van der Waals surface area (Å²) in [6, 6.07) is 5.90. The number of aliphatic hydroxyl groups excluding tert-OH is 1. The van der Waals surface area contributed by atoms with Gasteiger partial charge in [-0.1, -0.05) is 18.2 Å². The Morgan fingerprint density at radius 3 is 2.42 bits per heavy atom. The van der Waals surface area contributed by atoms with Crippen LogP contribution in [0.5, 0.6) is 5.75 Å². The Hall–Kier alpha value is -2.12. The van der Waals surface area contributed by atoms with Crippen LogP contribution in [0, 0.1) is 0 Å². The second-order valence-corrected chi connectivity index (χ2v) is 6.56. The van der Waals surface area contributed by atoms with Crippen LogP contribution in [0.1, 0.15) is 33.3 Å². The van der Waals surface area contributed by atoms with Gasteiger partial charge in [-0.05, 0) is 39.3 Å². The van der Waals surface area contributed by atoms with Crippen LogP contribution in [0.2, 0.25) is 0 Å². The second kappa shape index (κ2) is 8.12. The van der Waals surface area contributed by atoms with Crippen molar-refractivity contribution in [1.29, 1.82) is 0 Å². The summed E-state index contributed by atoms with van der Waals surface area (Å²) < 4.78 is 10.5. The van der Waals surface area contributed by atoms with Crippen molar-refractivity contribution in [3.63, 3.8) is 0 Å². The van der Waals surface area contributed by atoms with Gasteiger partial charge in [0.05, 0.1) is 0 Å². The highest BCUT2D eigenvalue weighted by atomic mass is 16.6. The quantitative estimate of drug-likeness (QED) is 0.625. The van der Waals surface area contributed by atoms with Crippen molar-refractivity contribution in [3.8, 4) is 5.75 Å². The third-order valence-corrected chi connectivity index (χ3v) is 3.17. The molecular weight excluding hydrogens is 312 g/mol. The minimum absolute atomic E-state index is 0.163. The van der Waals surface area contributed by atoms with Gasteiger partial charge >= 0.3 is 12.1 Å². The third-order valence-electron chi connectivity index (χ3n) is 3.17. The molecule has 0 aliphatic rings. The second-order valence-electron chi connectivity index (χ2n) is 6.56. The third kappa shape index (κ3) is 6.17. The highest BCUT2D eigenvalue weighted by Crippen LogP contribution is 2.21. The number of esters is 1. The number of hydrogen-bond donors (Lipinski definition) is 2. The number of aliphatic hydroxyl groups is 1. The van der Waals surface area contributed by atoms with E-state index in [1.807, 2.05) is 0 Å². The fraction of sp³-hybridized carbons (Fsp3) is 0.529. The number of carbonyl (C=O) groups is 2. The summed E-state index contributed by atoms with van der Waals surface area (Å²) in [5, 5.41) is 9.41. The normalized spacial score (nSPS) is 13.8. The zero-order chi connectivity index (χ0) is 18.5. The maximum absolute atomic E-state index is 12.0. The Labute approximate surface area is 142 Å². The van der Waals surface area contributed by atoms with Crippen molar-refractivity contribution < 1.29 is 24.2 Å². The monoisotopic (exact) mass is 338 g/mol. The molecule has 7 nitrogen and oxygen atoms in total. The molecule has 0 aliphatic carbocycles. The number of rotatable bonds is 5. The van der Waals surface area contributed by atoms with Crippen molar-refractivity contribution in [2.45, 2.75) is 52.0 Å². The van der Waals surface area contributed by atoms with Crippen molar-refractivity contribution in [2.75, 3.05) is 7.05 Å². The fourth-order valence-corrected chi connectivity index (χ4v) is 1.79. The van der Waals surface area contributed by atoms with Crippen LogP contribution in [0.25, 0.3) is 0 Å². The number of ether oxygens (including phenoxy) is 2. The maximum Gasteiger partial charge on any atom is 0.417 e. The summed E-state index contributed by atoms with van der Waals surface area (Å²) in [7, 11) is 1.42. The summed E-state index contributed by atoms with van der Waals surface area (Å²) >= 11 is 0. The lowest BCUT2D eigenvalue weighted by molar-refractivity contribution is -0.156. The van der Waals surface area contributed by atoms with E-state index in [1.165, 1.54) is 14.0 Å². The van der Waals surface area contributed by atoms with E-state index in [4.69, 9.17) is 15.2 Å². The molecule has 7 heteroatoms. The van der Waals surface area contributed by atoms with Crippen LogP contribution in [-0.4, -0.2) is 47.0 Å². The van der Waals surface area contributed by atoms with Gasteiger partial charge in [-0.25, -0.2) is 4.79 Å². The number of para-hydroxylation sites is 1. The first-order valence-electron chi connectivity index (χ1n) is 7.70. The van der Waals surface area contributed by atoms with Crippen LogP contribution in [-0.2, 0) is 16.0 Å². The molecule has 0 saturated carbocycles. The largest absolute Gasteiger partial charge is 0.459 e. The van der Waals surface area contributed by atoms with Gasteiger partial charge in [-0.3, -0.25) is 9.69 Å². The number of nitrogens with zero attached hydrogens (tertiary/aromatic N) is 1. The molecule has 0 radical (unpaired) electrons. The summed E-state index contributed by atoms with van der Waals surface area (Å²) in [6.45, 7) is 6.74. The van der Waals surface area contributed by atoms with Gasteiger partial charge < -0.3 is 20.3 Å². The molecule has 134 valence electrons. The number of amides is 1. The van der Waals surface area contributed by atoms with Crippen molar-refractivity contribution >= 4 is 12.1 Å². The average Bonchev–Trinajstić information content (AvgIpc) is 2.46. The summed E-state index contributed by atoms with van der Waals surface area (Å²) in [6.07, 6.45) is -1.52. The molecule has 0 bridgehead atoms. The van der Waals surface area contributed by atoms with Gasteiger partial charge in [0.25, 0.3) is 0 Å². The van der Waals surface area contributed by atoms with Gasteiger partial charge in [0.15, 0.2) is 0 Å². The molecule has 0 aromatic heterocycles. The van der Waals surface area contributed by atoms with Gasteiger partial charge in [-0.15, -0.1) is 0 Å². The molecule has 0 aliphatic heterocycles. The molecule has 0 spiro atoms. The van der Waals surface area contributed by atoms with E-state index in [0.29, 0.717) is 5.56 Å². The lowest BCUT2D eigenvalue weighted by atomic mass is 10.1. The van der Waals surface area contributed by atoms with E-state index in [9.17, 15) is 14.7 Å². The Morgan fingerprint density at radius 2 is 1.88 bits per heavy atom. The zero-order valence-electron chi connectivity index (χ0n) is 14.8. The molecule has 1 aromatic carbocycles. The maximum atomic E-state index is 12.0. The first kappa shape index (κ1) is 19.9. The molecule has 0 saturated heterocycles. The van der Waals surface area contributed by atoms with Crippen LogP contribution < -0.4 is 10.5 Å². The SMILES string of the molecule is CC(O)N(C)C(=O)Oc1ccccc1CC(N)C(=O)OC(C)(C)C. The minimum atomic E-state index is -0.978. The van der Waals surface area contributed by atoms with Gasteiger partial charge in [0.1, 0.15) is 23.6 Å². The topological polar surface area (TPSA) is 102 Å². The van der Waals surface area contributed by atoms with Crippen LogP contribution in [0.4, 0.5) is 4.79 Å². The highest BCUT2D eigenvalue weighted by Gasteiger charge is 2.24. The molecule has 1 amide bonds. The van der Waals surface area contributed by atoms with Crippen LogP contribution in [0.3, 0.4) is 0 Å². The van der Waals surface area contributed by atoms with E-state index in [2.05, 4.69) is 0 Å². The number of hydrogen-bond acceptors (Lipinski definition) is 6. The fourth-order valence-electron chi connectivity index (χ4n) is 1.79. The predicted molar refractivity (Wildman–Crippen MR) is 89.4 cm³/mol. The molecule has 3 N–H and O–H groups in total. The van der Waals surface area contributed by atoms with Crippen LogP contribution in [0.15, 0.2) is 24.3 Å². The standard InChI is InChI=1S/C17H26N2O5/c1-11(20)19(5)16(22)23-14-9-7-6-8-12(14)10-13(18)15(21)24-17(2,3)4/h6-9,11,13,20H,10,18H2,1-5H3. The van der Waals surface area contributed by atoms with E-state index >= 15 is 0 Å². The van der Waals surface area contributed by atoms with E-state index in [0.717, 1.165) is 4.90 Å². The number of benzene rings is 1. The number of carbonyl (C=O) groups excluding carboxylic acids is 2. The van der Waals surface area contributed by atoms with E-state index in [-0.39, 0.29) is 12.2 Å². The Kier molecular flexibility index (Phi) is 6.74. The lowest BCUT2D eigenvalue weighted by Gasteiger charge is -2.23. The molecule has 1 aromatic rings. The minimum Gasteiger partial charge on any atom is -0.459 e. The van der Waals surface area contributed by atoms with E-state index in [1.54, 1.807) is 45.0 Å². The Balaban J connectivity index is 2.83. The number of nitrogens with two attached hydrogens (primary N) is 1. The summed E-state index contributed by atoms with van der Waals surface area (Å²) in [5.74, 6) is -0.237. The summed E-state index contributed by atoms with van der Waals surface area (Å²) in [4.78, 5) is 25.0. The van der Waals surface area contributed by atoms with Gasteiger partial charge in [0.2, 0.25) is 0 Å². The highest BCUT2D eigenvalue weighted by molar-refractivity contribution is 5.76. The predicted octanol–water partition coefficient (Wildman–Crippen LogP) is 1.67. The smallest absolute Gasteiger partial charge is 0.417 e. The molecule has 2 unspecified atom stereocenters. The van der Waals surface area contributed by atoms with E-state index < -0.39 is 29.9 Å². The molecule has 2 atom stereocenters. The van der Waals surface area contributed by atoms with Crippen molar-refractivity contribution in [3.05, 3.63) is 29.8 Å². The van der Waals surface area contributed by atoms with Crippen molar-refractivity contribution in [1.82, 2.24) is 4.90 Å². The first-order valence-corrected chi connectivity index (χ1v) is 7.70. The van der Waals surface area contributed by atoms with Gasteiger partial charge in [-0.2, -0.15) is 0 Å². The Bertz CT molecular complexity index is 581. The van der Waals surface area contributed by atoms with Gasteiger partial charge in [0, 0.05) is 13.5 Å². The lowest BCUT2D eigenvalue weighted by Crippen LogP contribution is -2.39. The molecular formula is C17H26N2O5. The molecule has 24 heavy (non-hydrogen) atoms. The molecule has 1 rings (SSSR count).